The predicted octanol–water partition coefficient (Wildman–Crippen LogP) is 5.06. The van der Waals surface area contributed by atoms with Gasteiger partial charge in [-0.2, -0.15) is 0 Å². The Kier molecular flexibility index (Phi) is 6.77. The minimum atomic E-state index is -3.51. The predicted molar refractivity (Wildman–Crippen MR) is 115 cm³/mol. The van der Waals surface area contributed by atoms with Crippen molar-refractivity contribution in [3.05, 3.63) is 89.4 Å². The van der Waals surface area contributed by atoms with E-state index >= 15 is 0 Å². The average Bonchev–Trinajstić information content (AvgIpc) is 3.47. The summed E-state index contributed by atoms with van der Waals surface area (Å²) in [4.78, 5) is 8.84. The topological polar surface area (TPSA) is 104 Å². The Hall–Kier alpha value is -2.87. The zero-order valence-corrected chi connectivity index (χ0v) is 17.3. The molecule has 0 bridgehead atoms. The van der Waals surface area contributed by atoms with Crippen LogP contribution in [0.3, 0.4) is 0 Å². The van der Waals surface area contributed by atoms with E-state index in [0.29, 0.717) is 5.02 Å². The van der Waals surface area contributed by atoms with Crippen LogP contribution in [-0.2, 0) is 10.0 Å². The van der Waals surface area contributed by atoms with Crippen molar-refractivity contribution in [2.45, 2.75) is 23.3 Å². The number of nitrogens with one attached hydrogen (secondary N) is 1. The molecule has 0 amide bonds. The summed E-state index contributed by atoms with van der Waals surface area (Å²) in [6.45, 7) is 0. The second-order valence-corrected chi connectivity index (χ2v) is 8.94. The first kappa shape index (κ1) is 21.8. The van der Waals surface area contributed by atoms with Gasteiger partial charge in [-0.1, -0.05) is 66.2 Å². The number of halogens is 1. The molecule has 1 saturated carbocycles. The molecule has 6 nitrogen and oxygen atoms in total. The lowest BCUT2D eigenvalue weighted by atomic mass is 10.1. The molecule has 0 heterocycles. The number of sulfonamides is 1. The third kappa shape index (κ3) is 5.82. The number of carbonyl (C=O) groups is 1. The van der Waals surface area contributed by atoms with Crippen molar-refractivity contribution in [1.82, 2.24) is 4.72 Å². The Morgan fingerprint density at radius 3 is 1.90 bits per heavy atom. The van der Waals surface area contributed by atoms with E-state index in [2.05, 4.69) is 4.72 Å². The van der Waals surface area contributed by atoms with Crippen LogP contribution < -0.4 is 4.72 Å². The SMILES string of the molecule is O=C(O)O.O=S(=O)(N[C@@H]1C[C@H]1c1ccccc1)c1ccc(-c2ccc(Cl)cc2)cc1. The van der Waals surface area contributed by atoms with Crippen LogP contribution in [0.1, 0.15) is 17.9 Å². The van der Waals surface area contributed by atoms with Crippen LogP contribution in [0.4, 0.5) is 4.79 Å². The molecule has 4 rings (SSSR count). The normalized spacial score (nSPS) is 17.5. The van der Waals surface area contributed by atoms with E-state index in [0.717, 1.165) is 17.5 Å². The van der Waals surface area contributed by atoms with E-state index in [1.54, 1.807) is 12.1 Å². The third-order valence-corrected chi connectivity index (χ3v) is 6.42. The number of rotatable bonds is 5. The molecule has 156 valence electrons. The van der Waals surface area contributed by atoms with Gasteiger partial charge in [0, 0.05) is 17.0 Å². The molecule has 0 aromatic heterocycles. The summed E-state index contributed by atoms with van der Waals surface area (Å²) >= 11 is 5.91. The summed E-state index contributed by atoms with van der Waals surface area (Å²) in [5.74, 6) is 0.263. The van der Waals surface area contributed by atoms with Crippen molar-refractivity contribution in [1.29, 1.82) is 0 Å². The molecular weight excluding hydrogens is 426 g/mol. The van der Waals surface area contributed by atoms with Crippen molar-refractivity contribution in [2.24, 2.45) is 0 Å². The fraction of sp³-hybridized carbons (Fsp3) is 0.136. The van der Waals surface area contributed by atoms with Gasteiger partial charge in [0.15, 0.2) is 0 Å². The number of hydrogen-bond donors (Lipinski definition) is 3. The van der Waals surface area contributed by atoms with E-state index < -0.39 is 16.2 Å². The van der Waals surface area contributed by atoms with E-state index in [4.69, 9.17) is 26.6 Å². The highest BCUT2D eigenvalue weighted by molar-refractivity contribution is 7.89. The minimum absolute atomic E-state index is 0.0293. The van der Waals surface area contributed by atoms with Gasteiger partial charge >= 0.3 is 6.16 Å². The molecule has 2 atom stereocenters. The summed E-state index contributed by atoms with van der Waals surface area (Å²) in [5, 5.41) is 14.6. The molecule has 1 fully saturated rings. The van der Waals surface area contributed by atoms with Crippen LogP contribution in [0.15, 0.2) is 83.8 Å². The molecule has 30 heavy (non-hydrogen) atoms. The van der Waals surface area contributed by atoms with Crippen LogP contribution in [0.5, 0.6) is 0 Å². The van der Waals surface area contributed by atoms with Gasteiger partial charge in [-0.15, -0.1) is 0 Å². The molecule has 0 unspecified atom stereocenters. The van der Waals surface area contributed by atoms with Crippen LogP contribution in [0.2, 0.25) is 5.02 Å². The molecule has 0 saturated heterocycles. The van der Waals surface area contributed by atoms with Crippen LogP contribution >= 0.6 is 11.6 Å². The average molecular weight is 446 g/mol. The van der Waals surface area contributed by atoms with Crippen molar-refractivity contribution in [2.75, 3.05) is 0 Å². The monoisotopic (exact) mass is 445 g/mol. The molecule has 1 aliphatic rings. The van der Waals surface area contributed by atoms with Gasteiger partial charge in [-0.3, -0.25) is 0 Å². The Balaban J connectivity index is 0.000000589. The van der Waals surface area contributed by atoms with Crippen LogP contribution in [0, 0.1) is 0 Å². The van der Waals surface area contributed by atoms with Gasteiger partial charge in [0.1, 0.15) is 0 Å². The summed E-state index contributed by atoms with van der Waals surface area (Å²) in [6, 6.07) is 24.4. The van der Waals surface area contributed by atoms with E-state index in [1.165, 1.54) is 5.56 Å². The lowest BCUT2D eigenvalue weighted by molar-refractivity contribution is 0.137. The van der Waals surface area contributed by atoms with Crippen LogP contribution in [-0.4, -0.2) is 30.8 Å². The standard InChI is InChI=1S/C21H18ClNO2S.CH2O3/c22-18-10-6-15(7-11-18)16-8-12-19(13-9-16)26(24,25)23-21-14-20(21)17-4-2-1-3-5-17;2-1(3)4/h1-13,20-21,23H,14H2;(H2,2,3,4)/t20-,21+;/m0./s1. The first-order valence-corrected chi connectivity index (χ1v) is 11.0. The first-order chi connectivity index (χ1) is 14.3. The van der Waals surface area contributed by atoms with Gasteiger partial charge in [0.05, 0.1) is 4.90 Å². The maximum absolute atomic E-state index is 12.6. The quantitative estimate of drug-likeness (QED) is 0.509. The number of benzene rings is 3. The van der Waals surface area contributed by atoms with Crippen molar-refractivity contribution < 1.29 is 23.4 Å². The number of carboxylic acid groups (broad SMARTS) is 2. The van der Waals surface area contributed by atoms with Crippen molar-refractivity contribution in [3.63, 3.8) is 0 Å². The lowest BCUT2D eigenvalue weighted by Gasteiger charge is -2.08. The molecule has 3 aromatic rings. The molecule has 0 aliphatic heterocycles. The van der Waals surface area contributed by atoms with Gasteiger partial charge < -0.3 is 10.2 Å². The van der Waals surface area contributed by atoms with Gasteiger partial charge in [0.2, 0.25) is 10.0 Å². The fourth-order valence-corrected chi connectivity index (χ4v) is 4.55. The molecule has 8 heteroatoms. The maximum Gasteiger partial charge on any atom is 0.503 e. The fourth-order valence-electron chi connectivity index (χ4n) is 3.13. The third-order valence-electron chi connectivity index (χ3n) is 4.67. The summed E-state index contributed by atoms with van der Waals surface area (Å²) in [7, 11) is -3.51. The Labute approximate surface area is 179 Å². The molecule has 3 aromatic carbocycles. The maximum atomic E-state index is 12.6. The molecular formula is C22H20ClNO5S. The zero-order valence-electron chi connectivity index (χ0n) is 15.8. The summed E-state index contributed by atoms with van der Waals surface area (Å²) in [5.41, 5.74) is 3.13. The first-order valence-electron chi connectivity index (χ1n) is 9.11. The second-order valence-electron chi connectivity index (χ2n) is 6.79. The zero-order chi connectivity index (χ0) is 21.7. The minimum Gasteiger partial charge on any atom is -0.450 e. The molecule has 0 radical (unpaired) electrons. The largest absolute Gasteiger partial charge is 0.503 e. The highest BCUT2D eigenvalue weighted by atomic mass is 35.5. The highest BCUT2D eigenvalue weighted by Crippen LogP contribution is 2.41. The Morgan fingerprint density at radius 1 is 0.867 bits per heavy atom. The second kappa shape index (κ2) is 9.30. The molecule has 0 spiro atoms. The number of hydrogen-bond acceptors (Lipinski definition) is 3. The van der Waals surface area contributed by atoms with E-state index in [-0.39, 0.29) is 16.9 Å². The van der Waals surface area contributed by atoms with Gasteiger partial charge in [0.25, 0.3) is 0 Å². The van der Waals surface area contributed by atoms with Crippen molar-refractivity contribution >= 4 is 27.8 Å². The summed E-state index contributed by atoms with van der Waals surface area (Å²) in [6.07, 6.45) is -0.994. The van der Waals surface area contributed by atoms with E-state index in [9.17, 15) is 8.42 Å². The highest BCUT2D eigenvalue weighted by Gasteiger charge is 2.41. The Bertz CT molecular complexity index is 1100. The lowest BCUT2D eigenvalue weighted by Crippen LogP contribution is -2.26. The van der Waals surface area contributed by atoms with Gasteiger partial charge in [-0.25, -0.2) is 17.9 Å². The van der Waals surface area contributed by atoms with Crippen LogP contribution in [0.25, 0.3) is 11.1 Å². The summed E-state index contributed by atoms with van der Waals surface area (Å²) < 4.78 is 28.1. The molecule has 3 N–H and O–H groups in total. The van der Waals surface area contributed by atoms with E-state index in [1.807, 2.05) is 66.7 Å². The molecule has 1 aliphatic carbocycles. The Morgan fingerprint density at radius 2 is 1.37 bits per heavy atom. The smallest absolute Gasteiger partial charge is 0.450 e. The van der Waals surface area contributed by atoms with Gasteiger partial charge in [-0.05, 0) is 47.4 Å². The van der Waals surface area contributed by atoms with Crippen molar-refractivity contribution in [3.8, 4) is 11.1 Å².